The number of anilines is 1. The number of halogens is 1. The minimum atomic E-state index is -0.261. The molecule has 0 bridgehead atoms. The Balaban J connectivity index is 2.82. The first-order valence-electron chi connectivity index (χ1n) is 5.62. The van der Waals surface area contributed by atoms with E-state index in [1.807, 2.05) is 13.8 Å². The maximum absolute atomic E-state index is 11.8. The van der Waals surface area contributed by atoms with Crippen LogP contribution < -0.4 is 10.9 Å². The van der Waals surface area contributed by atoms with Crippen molar-refractivity contribution in [1.29, 1.82) is 0 Å². The van der Waals surface area contributed by atoms with Gasteiger partial charge in [0.05, 0.1) is 18.0 Å². The summed E-state index contributed by atoms with van der Waals surface area (Å²) in [6, 6.07) is 0. The third-order valence-electron chi connectivity index (χ3n) is 2.40. The molecule has 17 heavy (non-hydrogen) atoms. The molecule has 1 atom stereocenters. The molecule has 0 amide bonds. The highest BCUT2D eigenvalue weighted by atomic mass is 35.5. The molecule has 1 heterocycles. The molecule has 0 aliphatic rings. The summed E-state index contributed by atoms with van der Waals surface area (Å²) < 4.78 is 6.46. The monoisotopic (exact) mass is 259 g/mol. The number of aryl methyl sites for hydroxylation is 1. The summed E-state index contributed by atoms with van der Waals surface area (Å²) in [5, 5.41) is 7.27. The predicted molar refractivity (Wildman–Crippen MR) is 68.8 cm³/mol. The molecule has 6 heteroatoms. The standard InChI is InChI=1S/C11H18ClN3O2/c1-4-5-15-11(16)10(12)9(7-14-15)13-6-8(2)17-3/h7-8,13H,4-6H2,1-3H3. The molecule has 5 nitrogen and oxygen atoms in total. The van der Waals surface area contributed by atoms with E-state index in [0.717, 1.165) is 6.42 Å². The lowest BCUT2D eigenvalue weighted by Crippen LogP contribution is -2.25. The fourth-order valence-corrected chi connectivity index (χ4v) is 1.51. The van der Waals surface area contributed by atoms with Crippen molar-refractivity contribution in [2.45, 2.75) is 32.9 Å². The number of hydrogen-bond donors (Lipinski definition) is 1. The Morgan fingerprint density at radius 3 is 2.94 bits per heavy atom. The van der Waals surface area contributed by atoms with Crippen LogP contribution in [0.2, 0.25) is 5.02 Å². The first kappa shape index (κ1) is 14.0. The molecule has 0 aliphatic carbocycles. The molecule has 0 spiro atoms. The Labute approximate surface area is 106 Å². The smallest absolute Gasteiger partial charge is 0.287 e. The van der Waals surface area contributed by atoms with Gasteiger partial charge in [-0.15, -0.1) is 0 Å². The van der Waals surface area contributed by atoms with Crippen molar-refractivity contribution in [3.63, 3.8) is 0 Å². The average Bonchev–Trinajstić information content (AvgIpc) is 2.34. The van der Waals surface area contributed by atoms with Crippen LogP contribution in [0.15, 0.2) is 11.0 Å². The molecule has 1 N–H and O–H groups in total. The zero-order valence-electron chi connectivity index (χ0n) is 10.4. The van der Waals surface area contributed by atoms with E-state index in [1.54, 1.807) is 13.3 Å². The lowest BCUT2D eigenvalue weighted by atomic mass is 10.3. The highest BCUT2D eigenvalue weighted by molar-refractivity contribution is 6.32. The van der Waals surface area contributed by atoms with Gasteiger partial charge in [0.25, 0.3) is 5.56 Å². The van der Waals surface area contributed by atoms with Crippen LogP contribution in [-0.2, 0) is 11.3 Å². The van der Waals surface area contributed by atoms with Gasteiger partial charge in [-0.25, -0.2) is 4.68 Å². The number of ether oxygens (including phenoxy) is 1. The fraction of sp³-hybridized carbons (Fsp3) is 0.636. The van der Waals surface area contributed by atoms with Gasteiger partial charge in [-0.05, 0) is 13.3 Å². The van der Waals surface area contributed by atoms with Crippen LogP contribution in [0.1, 0.15) is 20.3 Å². The third kappa shape index (κ3) is 3.71. The van der Waals surface area contributed by atoms with Crippen LogP contribution in [-0.4, -0.2) is 29.5 Å². The molecule has 1 rings (SSSR count). The number of nitrogens with zero attached hydrogens (tertiary/aromatic N) is 2. The van der Waals surface area contributed by atoms with Gasteiger partial charge in [-0.2, -0.15) is 5.10 Å². The molecule has 0 aromatic carbocycles. The van der Waals surface area contributed by atoms with Gasteiger partial charge < -0.3 is 10.1 Å². The van der Waals surface area contributed by atoms with E-state index in [1.165, 1.54) is 4.68 Å². The summed E-state index contributed by atoms with van der Waals surface area (Å²) >= 11 is 5.98. The molecule has 0 fully saturated rings. The van der Waals surface area contributed by atoms with Gasteiger partial charge in [0.15, 0.2) is 0 Å². The zero-order chi connectivity index (χ0) is 12.8. The lowest BCUT2D eigenvalue weighted by Gasteiger charge is -2.13. The maximum atomic E-state index is 11.8. The highest BCUT2D eigenvalue weighted by Crippen LogP contribution is 2.15. The quantitative estimate of drug-likeness (QED) is 0.846. The highest BCUT2D eigenvalue weighted by Gasteiger charge is 2.09. The largest absolute Gasteiger partial charge is 0.380 e. The summed E-state index contributed by atoms with van der Waals surface area (Å²) in [5.41, 5.74) is 0.288. The topological polar surface area (TPSA) is 56.1 Å². The van der Waals surface area contributed by atoms with E-state index in [0.29, 0.717) is 18.8 Å². The number of rotatable bonds is 6. The molecule has 0 saturated heterocycles. The summed E-state index contributed by atoms with van der Waals surface area (Å²) in [4.78, 5) is 11.8. The first-order chi connectivity index (χ1) is 8.10. The van der Waals surface area contributed by atoms with Crippen molar-refractivity contribution in [2.75, 3.05) is 19.0 Å². The number of methoxy groups -OCH3 is 1. The van der Waals surface area contributed by atoms with Crippen LogP contribution in [0.3, 0.4) is 0 Å². The Morgan fingerprint density at radius 2 is 2.35 bits per heavy atom. The van der Waals surface area contributed by atoms with Crippen LogP contribution in [0, 0.1) is 0 Å². The Hall–Kier alpha value is -1.07. The summed E-state index contributed by atoms with van der Waals surface area (Å²) in [6.07, 6.45) is 2.46. The molecule has 0 saturated carbocycles. The van der Waals surface area contributed by atoms with Crippen molar-refractivity contribution in [2.24, 2.45) is 0 Å². The van der Waals surface area contributed by atoms with E-state index >= 15 is 0 Å². The van der Waals surface area contributed by atoms with Crippen molar-refractivity contribution < 1.29 is 4.74 Å². The van der Waals surface area contributed by atoms with Gasteiger partial charge >= 0.3 is 0 Å². The van der Waals surface area contributed by atoms with Gasteiger partial charge in [0, 0.05) is 20.2 Å². The molecule has 1 unspecified atom stereocenters. The lowest BCUT2D eigenvalue weighted by molar-refractivity contribution is 0.129. The van der Waals surface area contributed by atoms with Gasteiger partial charge in [0.1, 0.15) is 5.02 Å². The van der Waals surface area contributed by atoms with Gasteiger partial charge in [-0.1, -0.05) is 18.5 Å². The third-order valence-corrected chi connectivity index (χ3v) is 2.77. The second-order valence-corrected chi connectivity index (χ2v) is 4.21. The zero-order valence-corrected chi connectivity index (χ0v) is 11.1. The Kier molecular flexibility index (Phi) is 5.44. The molecule has 0 radical (unpaired) electrons. The van der Waals surface area contributed by atoms with Gasteiger partial charge in [-0.3, -0.25) is 4.79 Å². The maximum Gasteiger partial charge on any atom is 0.287 e. The summed E-state index contributed by atoms with van der Waals surface area (Å²) in [6.45, 7) is 5.06. The second-order valence-electron chi connectivity index (χ2n) is 3.83. The minimum Gasteiger partial charge on any atom is -0.380 e. The van der Waals surface area contributed by atoms with E-state index in [9.17, 15) is 4.79 Å². The van der Waals surface area contributed by atoms with Crippen molar-refractivity contribution >= 4 is 17.3 Å². The Morgan fingerprint density at radius 1 is 1.65 bits per heavy atom. The number of hydrogen-bond acceptors (Lipinski definition) is 4. The molecular formula is C11H18ClN3O2. The molecule has 0 aliphatic heterocycles. The van der Waals surface area contributed by atoms with Crippen molar-refractivity contribution in [3.05, 3.63) is 21.6 Å². The number of aromatic nitrogens is 2. The normalized spacial score (nSPS) is 12.5. The average molecular weight is 260 g/mol. The Bertz CT molecular complexity index is 420. The predicted octanol–water partition coefficient (Wildman–Crippen LogP) is 1.75. The van der Waals surface area contributed by atoms with Crippen LogP contribution in [0.25, 0.3) is 0 Å². The molecule has 1 aromatic rings. The van der Waals surface area contributed by atoms with Crippen LogP contribution >= 0.6 is 11.6 Å². The SMILES string of the molecule is CCCn1ncc(NCC(C)OC)c(Cl)c1=O. The van der Waals surface area contributed by atoms with E-state index in [-0.39, 0.29) is 16.7 Å². The molecule has 96 valence electrons. The summed E-state index contributed by atoms with van der Waals surface area (Å²) in [7, 11) is 1.63. The van der Waals surface area contributed by atoms with E-state index < -0.39 is 0 Å². The van der Waals surface area contributed by atoms with E-state index in [2.05, 4.69) is 10.4 Å². The van der Waals surface area contributed by atoms with Crippen molar-refractivity contribution in [1.82, 2.24) is 9.78 Å². The summed E-state index contributed by atoms with van der Waals surface area (Å²) in [5.74, 6) is 0. The van der Waals surface area contributed by atoms with Gasteiger partial charge in [0.2, 0.25) is 0 Å². The fourth-order valence-electron chi connectivity index (χ4n) is 1.30. The first-order valence-corrected chi connectivity index (χ1v) is 6.00. The number of nitrogens with one attached hydrogen (secondary N) is 1. The van der Waals surface area contributed by atoms with Crippen LogP contribution in [0.4, 0.5) is 5.69 Å². The van der Waals surface area contributed by atoms with Crippen LogP contribution in [0.5, 0.6) is 0 Å². The second kappa shape index (κ2) is 6.61. The molecular weight excluding hydrogens is 242 g/mol. The van der Waals surface area contributed by atoms with Crippen molar-refractivity contribution in [3.8, 4) is 0 Å². The molecule has 1 aromatic heterocycles. The van der Waals surface area contributed by atoms with E-state index in [4.69, 9.17) is 16.3 Å². The minimum absolute atomic E-state index is 0.0455.